The lowest BCUT2D eigenvalue weighted by Crippen LogP contribution is -2.55. The number of halogens is 4. The molecule has 0 spiro atoms. The van der Waals surface area contributed by atoms with E-state index in [0.29, 0.717) is 50.9 Å². The summed E-state index contributed by atoms with van der Waals surface area (Å²) in [5, 5.41) is 2.88. The molecule has 48 heavy (non-hydrogen) atoms. The van der Waals surface area contributed by atoms with Gasteiger partial charge >= 0.3 is 17.9 Å². The number of nitrogens with zero attached hydrogens (tertiary/aromatic N) is 4. The lowest BCUT2D eigenvalue weighted by Gasteiger charge is -2.40. The van der Waals surface area contributed by atoms with E-state index in [1.54, 1.807) is 14.4 Å². The van der Waals surface area contributed by atoms with Crippen molar-refractivity contribution in [3.8, 4) is 0 Å². The van der Waals surface area contributed by atoms with Gasteiger partial charge in [0.05, 0.1) is 22.3 Å². The van der Waals surface area contributed by atoms with Gasteiger partial charge in [0.1, 0.15) is 6.04 Å². The fourth-order valence-corrected chi connectivity index (χ4v) is 8.29. The number of para-hydroxylation sites is 2. The van der Waals surface area contributed by atoms with Crippen LogP contribution in [0.25, 0.3) is 11.0 Å². The summed E-state index contributed by atoms with van der Waals surface area (Å²) in [5.41, 5.74) is 5.94. The Bertz CT molecular complexity index is 1690. The van der Waals surface area contributed by atoms with Crippen LogP contribution in [0.15, 0.2) is 45.7 Å². The van der Waals surface area contributed by atoms with Crippen molar-refractivity contribution in [2.45, 2.75) is 63.2 Å². The number of fused-ring (bicyclic) bond motifs is 1. The molecule has 3 aliphatic heterocycles. The number of H-pyrrole nitrogens is 1. The largest absolute Gasteiger partial charge is 0.418 e. The number of rotatable bonds is 6. The lowest BCUT2D eigenvalue weighted by molar-refractivity contribution is -0.137. The third kappa shape index (κ3) is 7.39. The monoisotopic (exact) mass is 733 g/mol. The fourth-order valence-electron chi connectivity index (χ4n) is 7.78. The van der Waals surface area contributed by atoms with Crippen molar-refractivity contribution in [3.63, 3.8) is 0 Å². The Kier molecular flexibility index (Phi) is 10.1. The maximum absolute atomic E-state index is 14.0. The van der Waals surface area contributed by atoms with Crippen LogP contribution in [0.4, 0.5) is 23.7 Å². The van der Waals surface area contributed by atoms with Crippen molar-refractivity contribution < 1.29 is 22.8 Å². The quantitative estimate of drug-likeness (QED) is 0.300. The van der Waals surface area contributed by atoms with Crippen LogP contribution in [0.3, 0.4) is 0 Å². The predicted molar refractivity (Wildman–Crippen MR) is 182 cm³/mol. The molecule has 260 valence electrons. The summed E-state index contributed by atoms with van der Waals surface area (Å²) < 4.78 is 43.3. The number of imidazole rings is 1. The van der Waals surface area contributed by atoms with E-state index in [-0.39, 0.29) is 34.1 Å². The van der Waals surface area contributed by atoms with Gasteiger partial charge in [0.25, 0.3) is 0 Å². The molecule has 0 radical (unpaired) electrons. The number of hydrogen-bond donors (Lipinski definition) is 3. The molecule has 14 heteroatoms. The van der Waals surface area contributed by atoms with E-state index in [1.807, 2.05) is 24.3 Å². The summed E-state index contributed by atoms with van der Waals surface area (Å²) in [6, 6.07) is 8.29. The summed E-state index contributed by atoms with van der Waals surface area (Å²) in [6.45, 7) is 3.96. The van der Waals surface area contributed by atoms with Crippen LogP contribution in [0.5, 0.6) is 0 Å². The van der Waals surface area contributed by atoms with Crippen LogP contribution in [0.1, 0.15) is 55.7 Å². The Labute approximate surface area is 285 Å². The predicted octanol–water partition coefficient (Wildman–Crippen LogP) is 5.23. The highest BCUT2D eigenvalue weighted by molar-refractivity contribution is 9.10. The number of carbonyl (C=O) groups is 2. The molecule has 0 aliphatic carbocycles. The van der Waals surface area contributed by atoms with Crippen molar-refractivity contribution in [2.75, 3.05) is 52.0 Å². The normalized spacial score (nSPS) is 19.9. The van der Waals surface area contributed by atoms with Gasteiger partial charge in [-0.25, -0.2) is 9.59 Å². The third-order valence-corrected chi connectivity index (χ3v) is 11.2. The summed E-state index contributed by atoms with van der Waals surface area (Å²) in [4.78, 5) is 49.0. The highest BCUT2D eigenvalue weighted by Gasteiger charge is 2.37. The maximum Gasteiger partial charge on any atom is 0.418 e. The lowest BCUT2D eigenvalue weighted by atomic mass is 9.79. The first-order chi connectivity index (χ1) is 22.9. The van der Waals surface area contributed by atoms with Crippen LogP contribution >= 0.6 is 15.9 Å². The molecule has 4 heterocycles. The van der Waals surface area contributed by atoms with Gasteiger partial charge in [0.2, 0.25) is 5.91 Å². The van der Waals surface area contributed by atoms with Gasteiger partial charge in [0.15, 0.2) is 0 Å². The number of benzene rings is 2. The zero-order chi connectivity index (χ0) is 34.2. The number of nitrogens with one attached hydrogen (secondary N) is 2. The van der Waals surface area contributed by atoms with Gasteiger partial charge in [-0.3, -0.25) is 9.36 Å². The Morgan fingerprint density at radius 3 is 2.21 bits per heavy atom. The molecule has 3 fully saturated rings. The van der Waals surface area contributed by atoms with Crippen LogP contribution < -0.4 is 16.7 Å². The summed E-state index contributed by atoms with van der Waals surface area (Å²) in [7, 11) is 2.14. The van der Waals surface area contributed by atoms with Crippen LogP contribution in [-0.4, -0.2) is 88.5 Å². The molecular formula is C34H43BrF3N7O3. The van der Waals surface area contributed by atoms with Gasteiger partial charge in [-0.05, 0) is 116 Å². The van der Waals surface area contributed by atoms with E-state index in [4.69, 9.17) is 5.73 Å². The maximum atomic E-state index is 14.0. The van der Waals surface area contributed by atoms with E-state index in [9.17, 15) is 27.6 Å². The van der Waals surface area contributed by atoms with Gasteiger partial charge in [-0.15, -0.1) is 0 Å². The molecule has 10 nitrogen and oxygen atoms in total. The Morgan fingerprint density at radius 2 is 1.56 bits per heavy atom. The molecule has 3 saturated heterocycles. The molecule has 4 N–H and O–H groups in total. The number of amides is 3. The van der Waals surface area contributed by atoms with Crippen LogP contribution in [0, 0.1) is 11.8 Å². The smallest absolute Gasteiger partial charge is 0.397 e. The Morgan fingerprint density at radius 1 is 0.958 bits per heavy atom. The van der Waals surface area contributed by atoms with Crippen LogP contribution in [0.2, 0.25) is 0 Å². The van der Waals surface area contributed by atoms with Crippen molar-refractivity contribution in [3.05, 3.63) is 62.5 Å². The van der Waals surface area contributed by atoms with E-state index in [2.05, 4.69) is 38.2 Å². The number of aromatic amines is 1. The molecule has 3 aliphatic rings. The molecule has 0 saturated carbocycles. The van der Waals surface area contributed by atoms with E-state index < -0.39 is 29.5 Å². The zero-order valence-electron chi connectivity index (χ0n) is 27.1. The number of aromatic nitrogens is 2. The zero-order valence-corrected chi connectivity index (χ0v) is 28.7. The molecule has 2 aromatic carbocycles. The molecule has 0 bridgehead atoms. The average Bonchev–Trinajstić information content (AvgIpc) is 3.41. The third-order valence-electron chi connectivity index (χ3n) is 10.6. The Hall–Kier alpha value is -3.52. The minimum Gasteiger partial charge on any atom is -0.397 e. The molecule has 3 aromatic rings. The van der Waals surface area contributed by atoms with Gasteiger partial charge in [-0.2, -0.15) is 13.2 Å². The summed E-state index contributed by atoms with van der Waals surface area (Å²) in [6.07, 6.45) is 0.303. The number of hydrogen-bond acceptors (Lipinski definition) is 5. The Balaban J connectivity index is 1.16. The SMILES string of the molecule is CN1CCC(C2CCN(C(=O)[C@@H](Cc3cc(Br)c(N)c(C(F)(F)F)c3)NC(=O)N3CCC(n4c(=O)[nH]c5ccccc54)CC3)CC2)CC1. The highest BCUT2D eigenvalue weighted by Crippen LogP contribution is 2.38. The average molecular weight is 735 g/mol. The van der Waals surface area contributed by atoms with Crippen molar-refractivity contribution in [2.24, 2.45) is 11.8 Å². The number of piperidine rings is 3. The van der Waals surface area contributed by atoms with Crippen molar-refractivity contribution in [1.82, 2.24) is 29.6 Å². The number of alkyl halides is 3. The minimum atomic E-state index is -4.68. The number of nitrogens with two attached hydrogens (primary N) is 1. The fraction of sp³-hybridized carbons (Fsp3) is 0.559. The van der Waals surface area contributed by atoms with Gasteiger partial charge in [-0.1, -0.05) is 12.1 Å². The molecule has 1 atom stereocenters. The molecule has 6 rings (SSSR count). The second kappa shape index (κ2) is 14.1. The number of nitrogen functional groups attached to an aromatic ring is 1. The second-order valence-electron chi connectivity index (χ2n) is 13.6. The topological polar surface area (TPSA) is 120 Å². The number of anilines is 1. The first-order valence-electron chi connectivity index (χ1n) is 16.8. The van der Waals surface area contributed by atoms with E-state index >= 15 is 0 Å². The summed E-state index contributed by atoms with van der Waals surface area (Å²) in [5.74, 6) is 0.862. The highest BCUT2D eigenvalue weighted by atomic mass is 79.9. The van der Waals surface area contributed by atoms with Crippen LogP contribution in [-0.2, 0) is 17.4 Å². The van der Waals surface area contributed by atoms with Gasteiger partial charge < -0.3 is 30.7 Å². The number of urea groups is 1. The summed E-state index contributed by atoms with van der Waals surface area (Å²) >= 11 is 3.15. The molecule has 0 unspecified atom stereocenters. The minimum absolute atomic E-state index is 0.0818. The molecular weight excluding hydrogens is 691 g/mol. The number of likely N-dealkylation sites (tertiary alicyclic amines) is 3. The first kappa shape index (κ1) is 34.3. The molecule has 1 aromatic heterocycles. The molecule has 3 amide bonds. The van der Waals surface area contributed by atoms with Crippen molar-refractivity contribution in [1.29, 1.82) is 0 Å². The standard InChI is InChI=1S/C34H43BrF3N7O3/c1-42-12-6-22(7-13-42)23-8-14-43(15-9-23)31(46)28(20-21-18-25(34(36,37)38)30(39)26(35)19-21)41-32(47)44-16-10-24(11-17-44)45-29-5-3-2-4-27(29)40-33(45)48/h2-5,18-19,22-24,28H,6-17,20,39H2,1H3,(H,40,48)(H,41,47)/t28-/m1/s1. The van der Waals surface area contributed by atoms with Gasteiger partial charge in [0, 0.05) is 43.1 Å². The van der Waals surface area contributed by atoms with E-state index in [0.717, 1.165) is 55.9 Å². The second-order valence-corrected chi connectivity index (χ2v) is 14.4. The first-order valence-corrected chi connectivity index (χ1v) is 17.6. The van der Waals surface area contributed by atoms with E-state index in [1.165, 1.54) is 6.07 Å². The number of carbonyl (C=O) groups excluding carboxylic acids is 2. The van der Waals surface area contributed by atoms with Crippen molar-refractivity contribution >= 4 is 44.6 Å².